The molecule has 0 fully saturated rings. The van der Waals surface area contributed by atoms with Crippen LogP contribution in [0.5, 0.6) is 5.75 Å². The second kappa shape index (κ2) is 8.27. The molecule has 2 aromatic rings. The topological polar surface area (TPSA) is 143 Å². The number of anilines is 2. The number of methoxy groups -OCH3 is 1. The molecule has 0 spiro atoms. The highest BCUT2D eigenvalue weighted by Crippen LogP contribution is 2.28. The first kappa shape index (κ1) is 19.8. The maximum absolute atomic E-state index is 12.3. The molecule has 0 saturated heterocycles. The van der Waals surface area contributed by atoms with Crippen LogP contribution in [0.4, 0.5) is 17.3 Å². The molecule has 0 saturated carbocycles. The van der Waals surface area contributed by atoms with Crippen LogP contribution in [0.2, 0.25) is 0 Å². The summed E-state index contributed by atoms with van der Waals surface area (Å²) in [4.78, 5) is 30.9. The van der Waals surface area contributed by atoms with E-state index in [1.807, 2.05) is 20.8 Å². The van der Waals surface area contributed by atoms with E-state index in [0.29, 0.717) is 5.75 Å². The molecular weight excluding hydrogens is 354 g/mol. The zero-order valence-electron chi connectivity index (χ0n) is 15.4. The van der Waals surface area contributed by atoms with Crippen LogP contribution in [0.15, 0.2) is 30.6 Å². The number of rotatable bonds is 7. The summed E-state index contributed by atoms with van der Waals surface area (Å²) >= 11 is 0. The van der Waals surface area contributed by atoms with E-state index >= 15 is 0 Å². The van der Waals surface area contributed by atoms with Gasteiger partial charge < -0.3 is 4.74 Å². The number of hydrogen-bond donors (Lipinski definition) is 4. The molecule has 11 nitrogen and oxygen atoms in total. The Morgan fingerprint density at radius 2 is 1.78 bits per heavy atom. The van der Waals surface area contributed by atoms with Gasteiger partial charge in [-0.15, -0.1) is 0 Å². The van der Waals surface area contributed by atoms with E-state index in [9.17, 15) is 14.9 Å². The summed E-state index contributed by atoms with van der Waals surface area (Å²) in [6.07, 6.45) is 1.14. The van der Waals surface area contributed by atoms with Crippen LogP contribution in [-0.4, -0.2) is 33.4 Å². The van der Waals surface area contributed by atoms with Gasteiger partial charge in [0.05, 0.1) is 17.6 Å². The fraction of sp³-hybridized carbons (Fsp3) is 0.312. The minimum atomic E-state index is -0.649. The van der Waals surface area contributed by atoms with E-state index in [2.05, 4.69) is 31.7 Å². The Labute approximate surface area is 155 Å². The second-order valence-corrected chi connectivity index (χ2v) is 6.46. The van der Waals surface area contributed by atoms with Crippen LogP contribution in [0.25, 0.3) is 0 Å². The number of amides is 1. The molecule has 1 amide bonds. The zero-order chi connectivity index (χ0) is 20.0. The summed E-state index contributed by atoms with van der Waals surface area (Å²) < 4.78 is 5.12. The Kier molecular flexibility index (Phi) is 6.08. The fourth-order valence-corrected chi connectivity index (χ4v) is 2.00. The summed E-state index contributed by atoms with van der Waals surface area (Å²) in [6, 6.07) is 6.58. The van der Waals surface area contributed by atoms with Gasteiger partial charge in [0.25, 0.3) is 5.91 Å². The lowest BCUT2D eigenvalue weighted by atomic mass is 10.1. The number of hydrazine groups is 2. The van der Waals surface area contributed by atoms with Crippen molar-refractivity contribution in [3.05, 3.63) is 46.3 Å². The normalized spacial score (nSPS) is 10.8. The number of carbonyl (C=O) groups excluding carboxylic acids is 1. The monoisotopic (exact) mass is 375 g/mol. The number of para-hydroxylation sites is 1. The average Bonchev–Trinajstić information content (AvgIpc) is 2.63. The molecule has 0 aliphatic rings. The first-order valence-corrected chi connectivity index (χ1v) is 7.95. The highest BCUT2D eigenvalue weighted by Gasteiger charge is 2.24. The van der Waals surface area contributed by atoms with Gasteiger partial charge in [0.15, 0.2) is 0 Å². The summed E-state index contributed by atoms with van der Waals surface area (Å²) in [7, 11) is 1.44. The number of carbonyl (C=O) groups is 1. The maximum Gasteiger partial charge on any atom is 0.356 e. The SMILES string of the molecule is COc1ccccc1C(=O)NNc1ncnc(NNC(C)(C)C)c1[N+](=O)[O-]. The summed E-state index contributed by atoms with van der Waals surface area (Å²) in [5.74, 6) is -0.385. The van der Waals surface area contributed by atoms with E-state index in [1.165, 1.54) is 7.11 Å². The lowest BCUT2D eigenvalue weighted by Gasteiger charge is -2.21. The quantitative estimate of drug-likeness (QED) is 0.421. The van der Waals surface area contributed by atoms with Crippen molar-refractivity contribution in [2.75, 3.05) is 18.0 Å². The van der Waals surface area contributed by atoms with Crippen LogP contribution >= 0.6 is 0 Å². The summed E-state index contributed by atoms with van der Waals surface area (Å²) in [5, 5.41) is 11.5. The third kappa shape index (κ3) is 5.25. The van der Waals surface area contributed by atoms with Crippen molar-refractivity contribution < 1.29 is 14.5 Å². The molecule has 2 rings (SSSR count). The van der Waals surface area contributed by atoms with Gasteiger partial charge in [-0.2, -0.15) is 0 Å². The molecule has 1 heterocycles. The molecule has 0 radical (unpaired) electrons. The lowest BCUT2D eigenvalue weighted by Crippen LogP contribution is -2.40. The molecule has 0 unspecified atom stereocenters. The van der Waals surface area contributed by atoms with E-state index in [1.54, 1.807) is 24.3 Å². The van der Waals surface area contributed by atoms with E-state index in [4.69, 9.17) is 4.74 Å². The molecule has 1 aromatic carbocycles. The molecule has 11 heteroatoms. The van der Waals surface area contributed by atoms with Crippen molar-refractivity contribution in [1.29, 1.82) is 0 Å². The molecular formula is C16H21N7O4. The molecule has 0 aliphatic carbocycles. The predicted octanol–water partition coefficient (Wildman–Crippen LogP) is 1.87. The van der Waals surface area contributed by atoms with Crippen LogP contribution in [0, 0.1) is 10.1 Å². The highest BCUT2D eigenvalue weighted by atomic mass is 16.6. The predicted molar refractivity (Wildman–Crippen MR) is 99.3 cm³/mol. The third-order valence-corrected chi connectivity index (χ3v) is 3.21. The third-order valence-electron chi connectivity index (χ3n) is 3.21. The van der Waals surface area contributed by atoms with Crippen molar-refractivity contribution in [3.63, 3.8) is 0 Å². The average molecular weight is 375 g/mol. The Bertz CT molecular complexity index is 836. The van der Waals surface area contributed by atoms with Gasteiger partial charge in [-0.25, -0.2) is 15.4 Å². The number of aromatic nitrogens is 2. The number of nitrogens with zero attached hydrogens (tertiary/aromatic N) is 3. The van der Waals surface area contributed by atoms with Crippen LogP contribution < -0.4 is 26.4 Å². The first-order chi connectivity index (χ1) is 12.7. The Morgan fingerprint density at radius 3 is 2.37 bits per heavy atom. The van der Waals surface area contributed by atoms with Crippen molar-refractivity contribution in [1.82, 2.24) is 20.8 Å². The Balaban J connectivity index is 2.20. The van der Waals surface area contributed by atoms with Gasteiger partial charge in [-0.3, -0.25) is 31.2 Å². The number of ether oxygens (including phenoxy) is 1. The first-order valence-electron chi connectivity index (χ1n) is 7.95. The smallest absolute Gasteiger partial charge is 0.356 e. The van der Waals surface area contributed by atoms with Crippen molar-refractivity contribution in [2.24, 2.45) is 0 Å². The molecule has 0 aliphatic heterocycles. The largest absolute Gasteiger partial charge is 0.496 e. The van der Waals surface area contributed by atoms with Gasteiger partial charge in [0.2, 0.25) is 11.6 Å². The van der Waals surface area contributed by atoms with E-state index in [-0.39, 0.29) is 22.7 Å². The molecule has 144 valence electrons. The highest BCUT2D eigenvalue weighted by molar-refractivity contribution is 5.97. The molecule has 27 heavy (non-hydrogen) atoms. The van der Waals surface area contributed by atoms with Crippen molar-refractivity contribution in [3.8, 4) is 5.75 Å². The standard InChI is InChI=1S/C16H21N7O4/c1-16(2,3)22-20-14-12(23(25)26)13(17-9-18-14)19-21-15(24)10-7-5-6-8-11(10)27-4/h5-9,22H,1-4H3,(H,21,24)(H2,17,18,19,20). The van der Waals surface area contributed by atoms with Crippen LogP contribution in [-0.2, 0) is 0 Å². The number of hydrogen-bond acceptors (Lipinski definition) is 9. The van der Waals surface area contributed by atoms with E-state index in [0.717, 1.165) is 6.33 Å². The summed E-state index contributed by atoms with van der Waals surface area (Å²) in [6.45, 7) is 5.62. The van der Waals surface area contributed by atoms with E-state index < -0.39 is 16.5 Å². The maximum atomic E-state index is 12.3. The van der Waals surface area contributed by atoms with Gasteiger partial charge in [-0.05, 0) is 32.9 Å². The molecule has 4 N–H and O–H groups in total. The zero-order valence-corrected chi connectivity index (χ0v) is 15.4. The minimum Gasteiger partial charge on any atom is -0.496 e. The van der Waals surface area contributed by atoms with Crippen molar-refractivity contribution in [2.45, 2.75) is 26.3 Å². The molecule has 0 atom stereocenters. The fourth-order valence-electron chi connectivity index (χ4n) is 2.00. The van der Waals surface area contributed by atoms with Crippen LogP contribution in [0.1, 0.15) is 31.1 Å². The Morgan fingerprint density at radius 1 is 1.15 bits per heavy atom. The van der Waals surface area contributed by atoms with Gasteiger partial charge in [0.1, 0.15) is 12.1 Å². The second-order valence-electron chi connectivity index (χ2n) is 6.46. The Hall–Kier alpha value is -3.47. The number of nitrogens with one attached hydrogen (secondary N) is 4. The number of nitro groups is 1. The lowest BCUT2D eigenvalue weighted by molar-refractivity contribution is -0.383. The van der Waals surface area contributed by atoms with Gasteiger partial charge >= 0.3 is 5.69 Å². The minimum absolute atomic E-state index is 0.0426. The summed E-state index contributed by atoms with van der Waals surface area (Å²) in [5.41, 5.74) is 9.91. The van der Waals surface area contributed by atoms with Crippen molar-refractivity contribution >= 4 is 23.2 Å². The molecule has 1 aromatic heterocycles. The number of benzene rings is 1. The van der Waals surface area contributed by atoms with Gasteiger partial charge in [0, 0.05) is 5.54 Å². The molecule has 0 bridgehead atoms. The van der Waals surface area contributed by atoms with Crippen LogP contribution in [0.3, 0.4) is 0 Å². The van der Waals surface area contributed by atoms with Gasteiger partial charge in [-0.1, -0.05) is 12.1 Å².